The Labute approximate surface area is 144 Å². The number of benzene rings is 1. The van der Waals surface area contributed by atoms with Gasteiger partial charge in [-0.3, -0.25) is 9.48 Å². The SMILES string of the molecule is Cn1ncc2c1CCCC2NC(=O)c1ccc(-n2cccn2)c(F)c1. The van der Waals surface area contributed by atoms with Crippen LogP contribution in [-0.4, -0.2) is 25.5 Å². The average Bonchev–Trinajstić information content (AvgIpc) is 3.26. The lowest BCUT2D eigenvalue weighted by Gasteiger charge is -2.24. The van der Waals surface area contributed by atoms with Crippen LogP contribution >= 0.6 is 0 Å². The van der Waals surface area contributed by atoms with Crippen molar-refractivity contribution in [1.29, 1.82) is 0 Å². The molecule has 0 saturated heterocycles. The van der Waals surface area contributed by atoms with Crippen LogP contribution in [0, 0.1) is 5.82 Å². The minimum atomic E-state index is -0.484. The number of hydrogen-bond acceptors (Lipinski definition) is 3. The van der Waals surface area contributed by atoms with E-state index in [4.69, 9.17) is 0 Å². The molecule has 0 radical (unpaired) electrons. The molecular weight excluding hydrogens is 321 g/mol. The Morgan fingerprint density at radius 3 is 3.00 bits per heavy atom. The van der Waals surface area contributed by atoms with Gasteiger partial charge in [-0.15, -0.1) is 0 Å². The topological polar surface area (TPSA) is 64.7 Å². The quantitative estimate of drug-likeness (QED) is 0.797. The van der Waals surface area contributed by atoms with Gasteiger partial charge >= 0.3 is 0 Å². The van der Waals surface area contributed by atoms with Crippen LogP contribution < -0.4 is 5.32 Å². The van der Waals surface area contributed by atoms with Gasteiger partial charge in [0.1, 0.15) is 11.5 Å². The molecule has 0 saturated carbocycles. The molecule has 2 aromatic heterocycles. The highest BCUT2D eigenvalue weighted by Crippen LogP contribution is 2.29. The summed E-state index contributed by atoms with van der Waals surface area (Å²) in [6.45, 7) is 0. The van der Waals surface area contributed by atoms with Gasteiger partial charge in [0.25, 0.3) is 5.91 Å². The first kappa shape index (κ1) is 15.6. The zero-order chi connectivity index (χ0) is 17.4. The number of nitrogens with one attached hydrogen (secondary N) is 1. The summed E-state index contributed by atoms with van der Waals surface area (Å²) in [5.41, 5.74) is 2.81. The van der Waals surface area contributed by atoms with E-state index in [9.17, 15) is 9.18 Å². The van der Waals surface area contributed by atoms with Crippen LogP contribution in [0.2, 0.25) is 0 Å². The number of hydrogen-bond donors (Lipinski definition) is 1. The van der Waals surface area contributed by atoms with Gasteiger partial charge in [0, 0.05) is 36.3 Å². The van der Waals surface area contributed by atoms with Gasteiger partial charge in [-0.2, -0.15) is 10.2 Å². The molecule has 1 atom stereocenters. The standard InChI is InChI=1S/C18H18FN5O/c1-23-16-5-2-4-15(13(16)11-21-23)22-18(25)12-6-7-17(14(19)10-12)24-9-3-8-20-24/h3,6-11,15H,2,4-5H2,1H3,(H,22,25). The second-order valence-corrected chi connectivity index (χ2v) is 6.21. The summed E-state index contributed by atoms with van der Waals surface area (Å²) in [7, 11) is 1.91. The molecule has 0 spiro atoms. The summed E-state index contributed by atoms with van der Waals surface area (Å²) in [5, 5.41) is 11.3. The van der Waals surface area contributed by atoms with Crippen LogP contribution in [0.1, 0.15) is 40.5 Å². The molecule has 6 nitrogen and oxygen atoms in total. The van der Waals surface area contributed by atoms with Gasteiger partial charge in [0.05, 0.1) is 12.2 Å². The Morgan fingerprint density at radius 2 is 2.24 bits per heavy atom. The predicted molar refractivity (Wildman–Crippen MR) is 89.9 cm³/mol. The molecule has 1 aromatic carbocycles. The van der Waals surface area contributed by atoms with Crippen molar-refractivity contribution in [1.82, 2.24) is 24.9 Å². The first-order valence-electron chi connectivity index (χ1n) is 8.24. The average molecular weight is 339 g/mol. The summed E-state index contributed by atoms with van der Waals surface area (Å²) in [5.74, 6) is -0.769. The maximum Gasteiger partial charge on any atom is 0.251 e. The van der Waals surface area contributed by atoms with Crippen molar-refractivity contribution in [3.8, 4) is 5.69 Å². The molecule has 1 aliphatic carbocycles. The van der Waals surface area contributed by atoms with Crippen LogP contribution in [0.15, 0.2) is 42.9 Å². The summed E-state index contributed by atoms with van der Waals surface area (Å²) in [4.78, 5) is 12.6. The zero-order valence-electron chi connectivity index (χ0n) is 13.8. The van der Waals surface area contributed by atoms with E-state index in [-0.39, 0.29) is 11.9 Å². The Balaban J connectivity index is 1.55. The Bertz CT molecular complexity index is 916. The summed E-state index contributed by atoms with van der Waals surface area (Å²) < 4.78 is 17.6. The van der Waals surface area contributed by atoms with Crippen molar-refractivity contribution in [2.45, 2.75) is 25.3 Å². The van der Waals surface area contributed by atoms with Crippen LogP contribution in [0.4, 0.5) is 4.39 Å². The van der Waals surface area contributed by atoms with E-state index in [1.165, 1.54) is 10.7 Å². The van der Waals surface area contributed by atoms with Gasteiger partial charge in [-0.1, -0.05) is 0 Å². The van der Waals surface area contributed by atoms with E-state index in [1.54, 1.807) is 36.8 Å². The van der Waals surface area contributed by atoms with Crippen molar-refractivity contribution in [2.24, 2.45) is 7.05 Å². The van der Waals surface area contributed by atoms with Crippen molar-refractivity contribution < 1.29 is 9.18 Å². The van der Waals surface area contributed by atoms with Gasteiger partial charge in [0.2, 0.25) is 0 Å². The Hall–Kier alpha value is -2.96. The molecule has 25 heavy (non-hydrogen) atoms. The van der Waals surface area contributed by atoms with Crippen molar-refractivity contribution in [3.05, 3.63) is 65.5 Å². The molecule has 7 heteroatoms. The first-order chi connectivity index (χ1) is 12.1. The lowest BCUT2D eigenvalue weighted by Crippen LogP contribution is -2.31. The fourth-order valence-corrected chi connectivity index (χ4v) is 3.34. The number of fused-ring (bicyclic) bond motifs is 1. The lowest BCUT2D eigenvalue weighted by molar-refractivity contribution is 0.0932. The van der Waals surface area contributed by atoms with E-state index in [0.717, 1.165) is 30.5 Å². The van der Waals surface area contributed by atoms with Gasteiger partial charge in [0.15, 0.2) is 0 Å². The van der Waals surface area contributed by atoms with Crippen molar-refractivity contribution >= 4 is 5.91 Å². The van der Waals surface area contributed by atoms with Crippen LogP contribution in [0.3, 0.4) is 0 Å². The molecule has 4 rings (SSSR count). The zero-order valence-corrected chi connectivity index (χ0v) is 13.8. The maximum atomic E-state index is 14.3. The molecule has 1 N–H and O–H groups in total. The maximum absolute atomic E-state index is 14.3. The molecule has 1 unspecified atom stereocenters. The molecule has 1 aliphatic rings. The number of amides is 1. The highest BCUT2D eigenvalue weighted by Gasteiger charge is 2.25. The normalized spacial score (nSPS) is 16.5. The Morgan fingerprint density at radius 1 is 1.36 bits per heavy atom. The molecule has 0 aliphatic heterocycles. The predicted octanol–water partition coefficient (Wildman–Crippen LogP) is 2.55. The van der Waals surface area contributed by atoms with Crippen LogP contribution in [0.5, 0.6) is 0 Å². The number of rotatable bonds is 3. The summed E-state index contributed by atoms with van der Waals surface area (Å²) >= 11 is 0. The number of carbonyl (C=O) groups excluding carboxylic acids is 1. The fourth-order valence-electron chi connectivity index (χ4n) is 3.34. The lowest BCUT2D eigenvalue weighted by atomic mass is 9.92. The van der Waals surface area contributed by atoms with E-state index >= 15 is 0 Å². The largest absolute Gasteiger partial charge is 0.345 e. The molecule has 2 heterocycles. The molecule has 0 fully saturated rings. The molecule has 1 amide bonds. The highest BCUT2D eigenvalue weighted by atomic mass is 19.1. The van der Waals surface area contributed by atoms with E-state index in [1.807, 2.05) is 11.7 Å². The van der Waals surface area contributed by atoms with Crippen molar-refractivity contribution in [2.75, 3.05) is 0 Å². The monoisotopic (exact) mass is 339 g/mol. The van der Waals surface area contributed by atoms with Gasteiger partial charge < -0.3 is 5.32 Å². The Kier molecular flexibility index (Phi) is 3.83. The number of halogens is 1. The van der Waals surface area contributed by atoms with Crippen LogP contribution in [0.25, 0.3) is 5.69 Å². The minimum absolute atomic E-state index is 0.0844. The molecule has 0 bridgehead atoms. The second-order valence-electron chi connectivity index (χ2n) is 6.21. The van der Waals surface area contributed by atoms with Gasteiger partial charge in [-0.25, -0.2) is 9.07 Å². The number of carbonyl (C=O) groups is 1. The van der Waals surface area contributed by atoms with E-state index < -0.39 is 5.82 Å². The third kappa shape index (κ3) is 2.82. The molecular formula is C18H18FN5O. The molecule has 128 valence electrons. The number of nitrogens with zero attached hydrogens (tertiary/aromatic N) is 4. The number of aryl methyl sites for hydroxylation is 1. The number of aromatic nitrogens is 4. The van der Waals surface area contributed by atoms with E-state index in [0.29, 0.717) is 11.3 Å². The first-order valence-corrected chi connectivity index (χ1v) is 8.24. The van der Waals surface area contributed by atoms with E-state index in [2.05, 4.69) is 15.5 Å². The van der Waals surface area contributed by atoms with Crippen molar-refractivity contribution in [3.63, 3.8) is 0 Å². The third-order valence-electron chi connectivity index (χ3n) is 4.64. The third-order valence-corrected chi connectivity index (χ3v) is 4.64. The molecule has 3 aromatic rings. The van der Waals surface area contributed by atoms with Crippen LogP contribution in [-0.2, 0) is 13.5 Å². The summed E-state index contributed by atoms with van der Waals surface area (Å²) in [6, 6.07) is 6.06. The summed E-state index contributed by atoms with van der Waals surface area (Å²) in [6.07, 6.45) is 7.85. The highest BCUT2D eigenvalue weighted by molar-refractivity contribution is 5.94. The van der Waals surface area contributed by atoms with Gasteiger partial charge in [-0.05, 0) is 43.5 Å². The fraction of sp³-hybridized carbons (Fsp3) is 0.278. The minimum Gasteiger partial charge on any atom is -0.345 e. The second kappa shape index (κ2) is 6.16. The smallest absolute Gasteiger partial charge is 0.251 e.